The number of nitrogens with zero attached hydrogens (tertiary/aromatic N) is 2. The van der Waals surface area contributed by atoms with Gasteiger partial charge >= 0.3 is 0 Å². The van der Waals surface area contributed by atoms with Crippen molar-refractivity contribution in [3.8, 4) is 0 Å². The van der Waals surface area contributed by atoms with Gasteiger partial charge in [-0.2, -0.15) is 5.10 Å². The van der Waals surface area contributed by atoms with Crippen LogP contribution in [0.15, 0.2) is 35.7 Å². The van der Waals surface area contributed by atoms with Crippen LogP contribution in [0, 0.1) is 6.92 Å². The first-order valence-electron chi connectivity index (χ1n) is 5.83. The zero-order valence-corrected chi connectivity index (χ0v) is 12.6. The van der Waals surface area contributed by atoms with Gasteiger partial charge in [-0.1, -0.05) is 29.8 Å². The Balaban J connectivity index is 2.20. The third-order valence-electron chi connectivity index (χ3n) is 2.58. The summed E-state index contributed by atoms with van der Waals surface area (Å²) in [4.78, 5) is 0. The summed E-state index contributed by atoms with van der Waals surface area (Å²) < 4.78 is 27.8. The molecular weight excluding hydrogens is 298 g/mol. The van der Waals surface area contributed by atoms with Crippen molar-refractivity contribution in [2.24, 2.45) is 7.05 Å². The molecule has 0 fully saturated rings. The van der Waals surface area contributed by atoms with Crippen molar-refractivity contribution >= 4 is 33.5 Å². The van der Waals surface area contributed by atoms with Gasteiger partial charge in [-0.05, 0) is 24.6 Å². The third kappa shape index (κ3) is 3.61. The van der Waals surface area contributed by atoms with Crippen LogP contribution in [0.4, 0.5) is 5.82 Å². The molecule has 2 aromatic rings. The molecule has 0 saturated heterocycles. The van der Waals surface area contributed by atoms with Crippen molar-refractivity contribution in [3.05, 3.63) is 52.0 Å². The van der Waals surface area contributed by atoms with Gasteiger partial charge in [-0.3, -0.25) is 9.40 Å². The molecule has 1 heterocycles. The zero-order chi connectivity index (χ0) is 14.8. The predicted octanol–water partition coefficient (Wildman–Crippen LogP) is 2.79. The van der Waals surface area contributed by atoms with Gasteiger partial charge < -0.3 is 0 Å². The fourth-order valence-corrected chi connectivity index (χ4v) is 2.73. The van der Waals surface area contributed by atoms with E-state index in [2.05, 4.69) is 9.82 Å². The summed E-state index contributed by atoms with van der Waals surface area (Å²) in [6.07, 6.45) is 1.45. The minimum atomic E-state index is -3.61. The fraction of sp³-hybridized carbons (Fsp3) is 0.154. The third-order valence-corrected chi connectivity index (χ3v) is 3.91. The van der Waals surface area contributed by atoms with E-state index in [0.717, 1.165) is 11.1 Å². The van der Waals surface area contributed by atoms with Gasteiger partial charge in [-0.15, -0.1) is 0 Å². The number of aromatic nitrogens is 2. The van der Waals surface area contributed by atoms with Crippen LogP contribution in [-0.2, 0) is 17.1 Å². The Morgan fingerprint density at radius 3 is 2.65 bits per heavy atom. The van der Waals surface area contributed by atoms with Crippen LogP contribution < -0.4 is 4.72 Å². The maximum absolute atomic E-state index is 12.0. The second-order valence-corrected chi connectivity index (χ2v) is 6.24. The van der Waals surface area contributed by atoms with Gasteiger partial charge in [0.1, 0.15) is 5.82 Å². The molecule has 0 bridgehead atoms. The van der Waals surface area contributed by atoms with Crippen LogP contribution in [0.3, 0.4) is 0 Å². The van der Waals surface area contributed by atoms with Gasteiger partial charge in [0.2, 0.25) is 0 Å². The number of benzene rings is 1. The van der Waals surface area contributed by atoms with Crippen molar-refractivity contribution in [2.75, 3.05) is 4.72 Å². The lowest BCUT2D eigenvalue weighted by Gasteiger charge is -2.04. The molecule has 0 amide bonds. The molecule has 0 saturated carbocycles. The summed E-state index contributed by atoms with van der Waals surface area (Å²) in [5.74, 6) is 0.409. The van der Waals surface area contributed by atoms with Gasteiger partial charge in [0, 0.05) is 18.1 Å². The molecule has 0 aliphatic heterocycles. The summed E-state index contributed by atoms with van der Waals surface area (Å²) in [7, 11) is -1.94. The summed E-state index contributed by atoms with van der Waals surface area (Å²) in [5.41, 5.74) is 1.38. The molecule has 20 heavy (non-hydrogen) atoms. The number of hydrogen-bond acceptors (Lipinski definition) is 3. The van der Waals surface area contributed by atoms with Crippen molar-refractivity contribution in [3.63, 3.8) is 0 Å². The largest absolute Gasteiger partial charge is 0.264 e. The molecule has 0 radical (unpaired) electrons. The van der Waals surface area contributed by atoms with Crippen molar-refractivity contribution in [1.82, 2.24) is 9.78 Å². The number of rotatable bonds is 4. The van der Waals surface area contributed by atoms with Crippen LogP contribution in [0.1, 0.15) is 11.3 Å². The van der Waals surface area contributed by atoms with Gasteiger partial charge in [0.25, 0.3) is 10.0 Å². The molecule has 1 N–H and O–H groups in total. The Morgan fingerprint density at radius 1 is 1.35 bits per heavy atom. The van der Waals surface area contributed by atoms with Crippen LogP contribution in [0.2, 0.25) is 5.02 Å². The molecular formula is C13H14ClN3O2S. The topological polar surface area (TPSA) is 64.0 Å². The number of halogens is 1. The maximum Gasteiger partial charge on any atom is 0.256 e. The normalized spacial score (nSPS) is 11.9. The molecule has 0 aliphatic carbocycles. The SMILES string of the molecule is Cc1cc(NS(=O)(=O)/C=C/c2ccccc2Cl)n(C)n1. The van der Waals surface area contributed by atoms with Gasteiger partial charge in [-0.25, -0.2) is 8.42 Å². The zero-order valence-electron chi connectivity index (χ0n) is 11.0. The summed E-state index contributed by atoms with van der Waals surface area (Å²) in [6, 6.07) is 8.66. The second-order valence-electron chi connectivity index (χ2n) is 4.27. The van der Waals surface area contributed by atoms with Crippen LogP contribution in [0.5, 0.6) is 0 Å². The molecule has 106 valence electrons. The fourth-order valence-electron chi connectivity index (χ4n) is 1.66. The highest BCUT2D eigenvalue weighted by Gasteiger charge is 2.10. The molecule has 5 nitrogen and oxygen atoms in total. The Kier molecular flexibility index (Phi) is 4.15. The minimum absolute atomic E-state index is 0.409. The summed E-state index contributed by atoms with van der Waals surface area (Å²) in [5, 5.41) is 5.65. The highest BCUT2D eigenvalue weighted by Crippen LogP contribution is 2.17. The molecule has 1 aromatic carbocycles. The van der Waals surface area contributed by atoms with Gasteiger partial charge in [0.05, 0.1) is 11.1 Å². The minimum Gasteiger partial charge on any atom is -0.264 e. The maximum atomic E-state index is 12.0. The quantitative estimate of drug-likeness (QED) is 0.944. The van der Waals surface area contributed by atoms with Crippen LogP contribution in [0.25, 0.3) is 6.08 Å². The average molecular weight is 312 g/mol. The lowest BCUT2D eigenvalue weighted by atomic mass is 10.2. The van der Waals surface area contributed by atoms with E-state index in [1.807, 2.05) is 0 Å². The first kappa shape index (κ1) is 14.6. The number of nitrogens with one attached hydrogen (secondary N) is 1. The first-order valence-corrected chi connectivity index (χ1v) is 7.76. The number of hydrogen-bond donors (Lipinski definition) is 1. The highest BCUT2D eigenvalue weighted by molar-refractivity contribution is 7.95. The predicted molar refractivity (Wildman–Crippen MR) is 81.0 cm³/mol. The van der Waals surface area contributed by atoms with E-state index in [1.54, 1.807) is 44.3 Å². The molecule has 7 heteroatoms. The van der Waals surface area contributed by atoms with Crippen LogP contribution in [-0.4, -0.2) is 18.2 Å². The molecule has 0 unspecified atom stereocenters. The number of anilines is 1. The Labute approximate surface area is 122 Å². The molecule has 1 aromatic heterocycles. The lowest BCUT2D eigenvalue weighted by molar-refractivity contribution is 0.608. The first-order chi connectivity index (χ1) is 9.37. The molecule has 0 spiro atoms. The van der Waals surface area contributed by atoms with Crippen molar-refractivity contribution < 1.29 is 8.42 Å². The lowest BCUT2D eigenvalue weighted by Crippen LogP contribution is -2.12. The number of sulfonamides is 1. The Morgan fingerprint density at radius 2 is 2.05 bits per heavy atom. The van der Waals surface area contributed by atoms with Gasteiger partial charge in [0.15, 0.2) is 0 Å². The van der Waals surface area contributed by atoms with E-state index in [-0.39, 0.29) is 0 Å². The van der Waals surface area contributed by atoms with E-state index in [9.17, 15) is 8.42 Å². The Bertz CT molecular complexity index is 751. The summed E-state index contributed by atoms with van der Waals surface area (Å²) in [6.45, 7) is 1.79. The van der Waals surface area contributed by atoms with E-state index in [4.69, 9.17) is 11.6 Å². The monoisotopic (exact) mass is 311 g/mol. The average Bonchev–Trinajstić information content (AvgIpc) is 2.66. The smallest absolute Gasteiger partial charge is 0.256 e. The number of aryl methyl sites for hydroxylation is 2. The van der Waals surface area contributed by atoms with Crippen LogP contribution >= 0.6 is 11.6 Å². The highest BCUT2D eigenvalue weighted by atomic mass is 35.5. The van der Waals surface area contributed by atoms with E-state index < -0.39 is 10.0 Å². The molecule has 2 rings (SSSR count). The summed E-state index contributed by atoms with van der Waals surface area (Å²) >= 11 is 5.96. The van der Waals surface area contributed by atoms with Crippen molar-refractivity contribution in [1.29, 1.82) is 0 Å². The Hall–Kier alpha value is -1.79. The molecule has 0 atom stereocenters. The molecule has 0 aliphatic rings. The standard InChI is InChI=1S/C13H14ClN3O2S/c1-10-9-13(17(2)15-10)16-20(18,19)8-7-11-5-3-4-6-12(11)14/h3-9,16H,1-2H3/b8-7+. The van der Waals surface area contributed by atoms with E-state index in [0.29, 0.717) is 16.4 Å². The van der Waals surface area contributed by atoms with E-state index in [1.165, 1.54) is 10.8 Å². The van der Waals surface area contributed by atoms with Crippen molar-refractivity contribution in [2.45, 2.75) is 6.92 Å². The van der Waals surface area contributed by atoms with E-state index >= 15 is 0 Å². The second kappa shape index (κ2) is 5.68.